The molecule has 7 rings (SSSR count). The number of hydrogen-bond acceptors (Lipinski definition) is 6. The first-order valence-corrected chi connectivity index (χ1v) is 23.8. The van der Waals surface area contributed by atoms with Gasteiger partial charge in [0.05, 0.1) is 13.2 Å². The van der Waals surface area contributed by atoms with Crippen molar-refractivity contribution in [1.29, 1.82) is 0 Å². The van der Waals surface area contributed by atoms with Crippen LogP contribution in [0.2, 0.25) is 0 Å². The first-order chi connectivity index (χ1) is 32.1. The quantitative estimate of drug-likeness (QED) is 0.0487. The number of ether oxygens (including phenoxy) is 2. The maximum atomic E-state index is 12.1. The molecule has 0 heterocycles. The molecule has 0 amide bonds. The van der Waals surface area contributed by atoms with Crippen LogP contribution in [-0.2, 0) is 37.3 Å². The van der Waals surface area contributed by atoms with Gasteiger partial charge in [-0.25, -0.2) is 9.59 Å². The summed E-state index contributed by atoms with van der Waals surface area (Å²) in [5.74, 6) is -0.490. The molecule has 0 aliphatic heterocycles. The summed E-state index contributed by atoms with van der Waals surface area (Å²) in [5.41, 5.74) is 15.4. The number of anilines is 6. The van der Waals surface area contributed by atoms with Crippen LogP contribution in [0.15, 0.2) is 169 Å². The molecule has 1 aliphatic carbocycles. The van der Waals surface area contributed by atoms with Crippen LogP contribution >= 0.6 is 0 Å². The van der Waals surface area contributed by atoms with Gasteiger partial charge >= 0.3 is 11.9 Å². The third-order valence-electron chi connectivity index (χ3n) is 13.2. The monoisotopic (exact) mass is 879 g/mol. The topological polar surface area (TPSA) is 59.1 Å². The van der Waals surface area contributed by atoms with Gasteiger partial charge in [-0.05, 0) is 175 Å². The Morgan fingerprint density at radius 2 is 0.773 bits per heavy atom. The molecule has 0 radical (unpaired) electrons. The van der Waals surface area contributed by atoms with Crippen LogP contribution in [0, 0.1) is 13.8 Å². The molecule has 0 saturated heterocycles. The maximum Gasteiger partial charge on any atom is 0.333 e. The maximum absolute atomic E-state index is 12.1. The van der Waals surface area contributed by atoms with Crippen LogP contribution < -0.4 is 9.80 Å². The molecule has 0 aromatic heterocycles. The normalized spacial score (nSPS) is 13.8. The van der Waals surface area contributed by atoms with Crippen LogP contribution in [0.3, 0.4) is 0 Å². The lowest BCUT2D eigenvalue weighted by Gasteiger charge is -2.39. The van der Waals surface area contributed by atoms with Crippen molar-refractivity contribution in [2.75, 3.05) is 23.0 Å². The number of rotatable bonds is 18. The number of carbonyl (C=O) groups is 2. The van der Waals surface area contributed by atoms with E-state index in [-0.39, 0.29) is 17.4 Å². The van der Waals surface area contributed by atoms with E-state index in [0.717, 1.165) is 72.6 Å². The minimum Gasteiger partial charge on any atom is -0.462 e. The van der Waals surface area contributed by atoms with E-state index in [2.05, 4.69) is 169 Å². The summed E-state index contributed by atoms with van der Waals surface area (Å²) in [6.07, 6.45) is 12.7. The van der Waals surface area contributed by atoms with Crippen LogP contribution in [0.4, 0.5) is 34.1 Å². The van der Waals surface area contributed by atoms with Crippen LogP contribution in [0.25, 0.3) is 0 Å². The molecule has 0 atom stereocenters. The van der Waals surface area contributed by atoms with Gasteiger partial charge in [0.25, 0.3) is 0 Å². The van der Waals surface area contributed by atoms with Gasteiger partial charge in [-0.3, -0.25) is 0 Å². The number of hydrogen-bond donors (Lipinski definition) is 0. The smallest absolute Gasteiger partial charge is 0.333 e. The van der Waals surface area contributed by atoms with Crippen molar-refractivity contribution in [3.63, 3.8) is 0 Å². The molecule has 0 spiro atoms. The Labute approximate surface area is 393 Å². The Bertz CT molecular complexity index is 2390. The van der Waals surface area contributed by atoms with Gasteiger partial charge in [0.2, 0.25) is 0 Å². The molecule has 340 valence electrons. The van der Waals surface area contributed by atoms with Gasteiger partial charge < -0.3 is 19.3 Å². The summed E-state index contributed by atoms with van der Waals surface area (Å²) in [6, 6.07) is 53.7. The molecule has 0 unspecified atom stereocenters. The zero-order chi connectivity index (χ0) is 46.5. The lowest BCUT2D eigenvalue weighted by Crippen LogP contribution is -2.30. The third kappa shape index (κ3) is 11.6. The molecular formula is C60H66N2O4. The summed E-state index contributed by atoms with van der Waals surface area (Å²) in [4.78, 5) is 28.8. The lowest BCUT2D eigenvalue weighted by molar-refractivity contribution is -0.139. The summed E-state index contributed by atoms with van der Waals surface area (Å²) >= 11 is 0. The van der Waals surface area contributed by atoms with Crippen molar-refractivity contribution < 1.29 is 19.1 Å². The second-order valence-electron chi connectivity index (χ2n) is 17.8. The first kappa shape index (κ1) is 47.3. The molecule has 0 N–H and O–H groups in total. The van der Waals surface area contributed by atoms with Crippen LogP contribution in [0.5, 0.6) is 0 Å². The highest BCUT2D eigenvalue weighted by atomic mass is 16.5. The first-order valence-electron chi connectivity index (χ1n) is 23.8. The van der Waals surface area contributed by atoms with E-state index >= 15 is 0 Å². The average molecular weight is 879 g/mol. The van der Waals surface area contributed by atoms with Gasteiger partial charge in [-0.1, -0.05) is 115 Å². The Morgan fingerprint density at radius 3 is 1.09 bits per heavy atom. The van der Waals surface area contributed by atoms with Crippen molar-refractivity contribution in [1.82, 2.24) is 0 Å². The van der Waals surface area contributed by atoms with Gasteiger partial charge in [-0.15, -0.1) is 0 Å². The van der Waals surface area contributed by atoms with Gasteiger partial charge in [0.15, 0.2) is 0 Å². The Hall–Kier alpha value is -6.66. The molecule has 1 fully saturated rings. The van der Waals surface area contributed by atoms with E-state index in [9.17, 15) is 9.59 Å². The molecule has 6 heteroatoms. The van der Waals surface area contributed by atoms with E-state index in [1.165, 1.54) is 52.6 Å². The molecule has 6 aromatic rings. The summed E-state index contributed by atoms with van der Waals surface area (Å²) in [6.45, 7) is 12.3. The predicted molar refractivity (Wildman–Crippen MR) is 273 cm³/mol. The zero-order valence-corrected chi connectivity index (χ0v) is 39.8. The highest BCUT2D eigenvalue weighted by molar-refractivity contribution is 5.88. The number of carbonyl (C=O) groups excluding carboxylic acids is 2. The summed E-state index contributed by atoms with van der Waals surface area (Å²) < 4.78 is 10.9. The number of nitrogens with zero attached hydrogens (tertiary/aromatic N) is 2. The molecule has 6 aromatic carbocycles. The molecular weight excluding hydrogens is 813 g/mol. The van der Waals surface area contributed by atoms with E-state index < -0.39 is 0 Å². The Balaban J connectivity index is 1.12. The van der Waals surface area contributed by atoms with E-state index in [4.69, 9.17) is 9.47 Å². The molecule has 66 heavy (non-hydrogen) atoms. The molecule has 0 bridgehead atoms. The number of aryl methyl sites for hydroxylation is 4. The number of esters is 2. The fraction of sp³-hybridized carbons (Fsp3) is 0.300. The standard InChI is InChI=1S/C60H66N2O4/c1-7-46(5)58(63)65-42-12-14-48-20-32-54(33-21-48)61(52-28-16-44(3)17-29-52)56-36-24-50(25-37-56)60(40-10-9-11-41-60)51-26-38-57(39-27-51)62(53-30-18-45(4)19-31-53)55-34-22-49(23-35-55)15-13-43-66-59(64)47(6)8-2/h7-8,16-39H,9-15,40-43H2,1-6H3/b46-7+,47-8+. The minimum atomic E-state index is -0.245. The summed E-state index contributed by atoms with van der Waals surface area (Å²) in [7, 11) is 0. The van der Waals surface area contributed by atoms with Crippen LogP contribution in [-0.4, -0.2) is 25.2 Å². The van der Waals surface area contributed by atoms with Gasteiger partial charge in [0.1, 0.15) is 0 Å². The SMILES string of the molecule is C/C=C(\C)C(=O)OCCCc1ccc(N(c2ccc(C)cc2)c2ccc(C3(c4ccc(N(c5ccc(C)cc5)c5ccc(CCCOC(=O)/C(C)=C/C)cc5)cc4)CCCCC3)cc2)cc1. The predicted octanol–water partition coefficient (Wildman–Crippen LogP) is 15.4. The van der Waals surface area contributed by atoms with Crippen LogP contribution in [0.1, 0.15) is 106 Å². The molecule has 6 nitrogen and oxygen atoms in total. The van der Waals surface area contributed by atoms with Crippen molar-refractivity contribution in [3.05, 3.63) is 202 Å². The second-order valence-corrected chi connectivity index (χ2v) is 17.8. The Morgan fingerprint density at radius 1 is 0.470 bits per heavy atom. The van der Waals surface area contributed by atoms with Gasteiger partial charge in [-0.2, -0.15) is 0 Å². The minimum absolute atomic E-state index is 0.0817. The van der Waals surface area contributed by atoms with Crippen molar-refractivity contribution in [2.24, 2.45) is 0 Å². The molecule has 1 aliphatic rings. The fourth-order valence-electron chi connectivity index (χ4n) is 9.01. The summed E-state index contributed by atoms with van der Waals surface area (Å²) in [5, 5.41) is 0. The van der Waals surface area contributed by atoms with E-state index in [1.54, 1.807) is 26.0 Å². The fourth-order valence-corrected chi connectivity index (χ4v) is 9.01. The van der Waals surface area contributed by atoms with Gasteiger partial charge in [0, 0.05) is 50.7 Å². The van der Waals surface area contributed by atoms with Crippen molar-refractivity contribution >= 4 is 46.1 Å². The average Bonchev–Trinajstić information content (AvgIpc) is 3.36. The second kappa shape index (κ2) is 22.5. The Kier molecular flexibility index (Phi) is 16.1. The third-order valence-corrected chi connectivity index (χ3v) is 13.2. The lowest BCUT2D eigenvalue weighted by atomic mass is 9.65. The van der Waals surface area contributed by atoms with Crippen molar-refractivity contribution in [2.45, 2.75) is 105 Å². The van der Waals surface area contributed by atoms with E-state index in [0.29, 0.717) is 24.4 Å². The largest absolute Gasteiger partial charge is 0.462 e. The number of benzene rings is 6. The van der Waals surface area contributed by atoms with E-state index in [1.807, 2.05) is 13.8 Å². The highest BCUT2D eigenvalue weighted by Gasteiger charge is 2.36. The zero-order valence-electron chi connectivity index (χ0n) is 39.8. The highest BCUT2D eigenvalue weighted by Crippen LogP contribution is 2.47. The number of allylic oxidation sites excluding steroid dienone is 2. The molecule has 1 saturated carbocycles. The van der Waals surface area contributed by atoms with Crippen molar-refractivity contribution in [3.8, 4) is 0 Å².